The van der Waals surface area contributed by atoms with Crippen molar-refractivity contribution in [2.24, 2.45) is 0 Å². The minimum atomic E-state index is -0.565. The van der Waals surface area contributed by atoms with Crippen molar-refractivity contribution >= 4 is 28.5 Å². The van der Waals surface area contributed by atoms with Crippen LogP contribution in [0.25, 0.3) is 16.7 Å². The molecule has 2 N–H and O–H groups in total. The topological polar surface area (TPSA) is 99.8 Å². The fourth-order valence-electron chi connectivity index (χ4n) is 2.87. The molecule has 0 atom stereocenters. The van der Waals surface area contributed by atoms with E-state index in [1.165, 1.54) is 10.5 Å². The molecule has 0 radical (unpaired) electrons. The molecular formula is C18H21N4O4+. The Balaban J connectivity index is 2.32. The first-order valence-corrected chi connectivity index (χ1v) is 8.38. The molecule has 3 aromatic heterocycles. The average molecular weight is 357 g/mol. The third kappa shape index (κ3) is 3.11. The fraction of sp³-hybridized carbons (Fsp3) is 0.333. The highest BCUT2D eigenvalue weighted by molar-refractivity contribution is 5.96. The lowest BCUT2D eigenvalue weighted by Crippen LogP contribution is -2.42. The molecule has 3 rings (SSSR count). The number of methoxy groups -OCH3 is 1. The number of carbonyl (C=O) groups is 1. The van der Waals surface area contributed by atoms with Gasteiger partial charge in [0.05, 0.1) is 13.2 Å². The number of ether oxygens (including phenoxy) is 2. The average Bonchev–Trinajstić information content (AvgIpc) is 2.64. The number of pyridine rings is 2. The van der Waals surface area contributed by atoms with Gasteiger partial charge in [0.2, 0.25) is 11.5 Å². The summed E-state index contributed by atoms with van der Waals surface area (Å²) in [4.78, 5) is 29.8. The van der Waals surface area contributed by atoms with Gasteiger partial charge in [-0.3, -0.25) is 9.20 Å². The van der Waals surface area contributed by atoms with Crippen LogP contribution in [0.15, 0.2) is 35.3 Å². The quantitative estimate of drug-likeness (QED) is 0.305. The number of aromatic nitrogens is 3. The number of hydrogen-bond donors (Lipinski definition) is 1. The molecule has 0 saturated heterocycles. The second-order valence-electron chi connectivity index (χ2n) is 5.74. The van der Waals surface area contributed by atoms with Crippen LogP contribution in [0.1, 0.15) is 23.7 Å². The summed E-state index contributed by atoms with van der Waals surface area (Å²) in [5.74, 6) is -0.343. The van der Waals surface area contributed by atoms with Gasteiger partial charge in [-0.15, -0.1) is 0 Å². The van der Waals surface area contributed by atoms with Crippen molar-refractivity contribution in [3.63, 3.8) is 0 Å². The largest absolute Gasteiger partial charge is 0.462 e. The highest BCUT2D eigenvalue weighted by Crippen LogP contribution is 2.15. The third-order valence-electron chi connectivity index (χ3n) is 4.09. The molecule has 3 heterocycles. The Morgan fingerprint density at radius 3 is 2.92 bits per heavy atom. The standard InChI is InChI=1S/C18H20N4O4/c1-3-26-18(24)12-11-13-16(22(15(12)19)9-6-10-25-2)20-14-7-4-5-8-21(14)17(13)23/h4-5,7-8,11,19H,3,6,9-10H2,1-2H3/p+1. The van der Waals surface area contributed by atoms with Gasteiger partial charge < -0.3 is 15.2 Å². The Morgan fingerprint density at radius 1 is 1.38 bits per heavy atom. The van der Waals surface area contributed by atoms with E-state index < -0.39 is 5.97 Å². The SMILES string of the molecule is CCOC(=O)c1cc2c(=O)n3ccccc3nc2[n+](CCCOC)c1N. The van der Waals surface area contributed by atoms with Crippen molar-refractivity contribution < 1.29 is 18.8 Å². The van der Waals surface area contributed by atoms with Crippen LogP contribution in [-0.4, -0.2) is 35.7 Å². The van der Waals surface area contributed by atoms with E-state index >= 15 is 0 Å². The van der Waals surface area contributed by atoms with E-state index in [2.05, 4.69) is 4.98 Å². The maximum absolute atomic E-state index is 12.9. The monoisotopic (exact) mass is 357 g/mol. The van der Waals surface area contributed by atoms with E-state index in [0.717, 1.165) is 0 Å². The number of hydrogen-bond acceptors (Lipinski definition) is 6. The lowest BCUT2D eigenvalue weighted by molar-refractivity contribution is -0.659. The zero-order valence-electron chi connectivity index (χ0n) is 14.8. The summed E-state index contributed by atoms with van der Waals surface area (Å²) in [5.41, 5.74) is 7.06. The van der Waals surface area contributed by atoms with Crippen molar-refractivity contribution in [1.29, 1.82) is 0 Å². The molecule has 8 heteroatoms. The van der Waals surface area contributed by atoms with Gasteiger partial charge in [0.25, 0.3) is 11.2 Å². The van der Waals surface area contributed by atoms with Crippen molar-refractivity contribution in [2.75, 3.05) is 26.1 Å². The first kappa shape index (κ1) is 17.8. The molecule has 0 amide bonds. The summed E-state index contributed by atoms with van der Waals surface area (Å²) in [6.45, 7) is 2.91. The molecule has 0 aliphatic carbocycles. The molecule has 8 nitrogen and oxygen atoms in total. The Morgan fingerprint density at radius 2 is 2.19 bits per heavy atom. The summed E-state index contributed by atoms with van der Waals surface area (Å²) in [6, 6.07) is 6.76. The summed E-state index contributed by atoms with van der Waals surface area (Å²) in [7, 11) is 1.61. The molecule has 136 valence electrons. The summed E-state index contributed by atoms with van der Waals surface area (Å²) in [6.07, 6.45) is 2.29. The fourth-order valence-corrected chi connectivity index (χ4v) is 2.87. The zero-order chi connectivity index (χ0) is 18.7. The molecule has 0 spiro atoms. The Bertz CT molecular complexity index is 1030. The van der Waals surface area contributed by atoms with Gasteiger partial charge in [-0.2, -0.15) is 0 Å². The highest BCUT2D eigenvalue weighted by atomic mass is 16.5. The number of nitrogens with two attached hydrogens (primary N) is 1. The van der Waals surface area contributed by atoms with E-state index in [9.17, 15) is 9.59 Å². The van der Waals surface area contributed by atoms with Gasteiger partial charge in [0, 0.05) is 26.3 Å². The summed E-state index contributed by atoms with van der Waals surface area (Å²) >= 11 is 0. The van der Waals surface area contributed by atoms with Crippen LogP contribution >= 0.6 is 0 Å². The van der Waals surface area contributed by atoms with Gasteiger partial charge in [0.1, 0.15) is 10.9 Å². The number of nitrogens with zero attached hydrogens (tertiary/aromatic N) is 3. The van der Waals surface area contributed by atoms with Gasteiger partial charge in [-0.05, 0) is 25.1 Å². The first-order chi connectivity index (χ1) is 12.6. The molecule has 0 aliphatic rings. The molecular weight excluding hydrogens is 336 g/mol. The number of fused-ring (bicyclic) bond motifs is 2. The molecule has 3 aromatic rings. The lowest BCUT2D eigenvalue weighted by Gasteiger charge is -2.11. The molecule has 0 aliphatic heterocycles. The van der Waals surface area contributed by atoms with Crippen LogP contribution in [0.5, 0.6) is 0 Å². The number of anilines is 1. The first-order valence-electron chi connectivity index (χ1n) is 8.38. The Labute approximate surface area is 149 Å². The summed E-state index contributed by atoms with van der Waals surface area (Å²) < 4.78 is 13.3. The maximum atomic E-state index is 12.9. The van der Waals surface area contributed by atoms with Crippen molar-refractivity contribution in [1.82, 2.24) is 9.38 Å². The van der Waals surface area contributed by atoms with Crippen LogP contribution in [0, 0.1) is 0 Å². The van der Waals surface area contributed by atoms with Crippen LogP contribution in [-0.2, 0) is 16.0 Å². The molecule has 0 bridgehead atoms. The van der Waals surface area contributed by atoms with Gasteiger partial charge in [0.15, 0.2) is 0 Å². The number of esters is 1. The summed E-state index contributed by atoms with van der Waals surface area (Å²) in [5, 5.41) is 0.309. The van der Waals surface area contributed by atoms with Crippen LogP contribution in [0.4, 0.5) is 5.82 Å². The lowest BCUT2D eigenvalue weighted by atomic mass is 10.2. The second-order valence-corrected chi connectivity index (χ2v) is 5.74. The molecule has 0 aromatic carbocycles. The van der Waals surface area contributed by atoms with E-state index in [0.29, 0.717) is 36.3 Å². The second kappa shape index (κ2) is 7.49. The minimum Gasteiger partial charge on any atom is -0.462 e. The van der Waals surface area contributed by atoms with E-state index in [1.54, 1.807) is 43.0 Å². The zero-order valence-corrected chi connectivity index (χ0v) is 14.8. The van der Waals surface area contributed by atoms with Gasteiger partial charge in [-0.1, -0.05) is 11.1 Å². The minimum absolute atomic E-state index is 0.159. The van der Waals surface area contributed by atoms with Crippen molar-refractivity contribution in [3.05, 3.63) is 46.4 Å². The number of aryl methyl sites for hydroxylation is 1. The predicted molar refractivity (Wildman–Crippen MR) is 96.0 cm³/mol. The highest BCUT2D eigenvalue weighted by Gasteiger charge is 2.24. The molecule has 26 heavy (non-hydrogen) atoms. The van der Waals surface area contributed by atoms with E-state index in [-0.39, 0.29) is 23.5 Å². The van der Waals surface area contributed by atoms with Gasteiger partial charge in [-0.25, -0.2) is 9.36 Å². The Hall–Kier alpha value is -3.00. The number of rotatable bonds is 6. The maximum Gasteiger partial charge on any atom is 0.344 e. The number of carbonyl (C=O) groups excluding carboxylic acids is 1. The molecule has 0 fully saturated rings. The van der Waals surface area contributed by atoms with Crippen molar-refractivity contribution in [2.45, 2.75) is 19.9 Å². The van der Waals surface area contributed by atoms with Crippen molar-refractivity contribution in [3.8, 4) is 0 Å². The normalized spacial score (nSPS) is 11.2. The molecule has 0 saturated carbocycles. The van der Waals surface area contributed by atoms with Crippen LogP contribution in [0.3, 0.4) is 0 Å². The van der Waals surface area contributed by atoms with E-state index in [4.69, 9.17) is 15.2 Å². The van der Waals surface area contributed by atoms with Crippen LogP contribution < -0.4 is 15.9 Å². The predicted octanol–water partition coefficient (Wildman–Crippen LogP) is 0.931. The smallest absolute Gasteiger partial charge is 0.344 e. The van der Waals surface area contributed by atoms with Gasteiger partial charge >= 0.3 is 5.97 Å². The van der Waals surface area contributed by atoms with E-state index in [1.807, 2.05) is 0 Å². The number of nitrogen functional groups attached to an aromatic ring is 1. The molecule has 0 unspecified atom stereocenters. The van der Waals surface area contributed by atoms with Crippen LogP contribution in [0.2, 0.25) is 0 Å². The Kier molecular flexibility index (Phi) is 5.13. The third-order valence-corrected chi connectivity index (χ3v) is 4.09.